The van der Waals surface area contributed by atoms with E-state index in [1.807, 2.05) is 11.3 Å². The van der Waals surface area contributed by atoms with Crippen molar-refractivity contribution in [2.24, 2.45) is 29.6 Å². The number of nitrogens with one attached hydrogen (secondary N) is 1. The Bertz CT molecular complexity index is 452. The van der Waals surface area contributed by atoms with Crippen LogP contribution in [0.15, 0.2) is 17.5 Å². The van der Waals surface area contributed by atoms with Crippen molar-refractivity contribution in [3.63, 3.8) is 0 Å². The minimum atomic E-state index is 0.569. The van der Waals surface area contributed by atoms with Gasteiger partial charge in [-0.2, -0.15) is 0 Å². The molecule has 110 valence electrons. The standard InChI is InChI=1S/C18H27NS/c1-11(2)18(17-7-4-8-20-17)19-16-10-12-9-15(16)14-6-3-5-13(12)14/h4,7-8,11-16,18-19H,3,5-6,9-10H2,1-2H3. The highest BCUT2D eigenvalue weighted by Crippen LogP contribution is 2.59. The summed E-state index contributed by atoms with van der Waals surface area (Å²) in [5.74, 6) is 4.92. The molecule has 2 bridgehead atoms. The fraction of sp³-hybridized carbons (Fsp3) is 0.778. The van der Waals surface area contributed by atoms with Crippen molar-refractivity contribution in [3.8, 4) is 0 Å². The van der Waals surface area contributed by atoms with Gasteiger partial charge in [0.15, 0.2) is 0 Å². The third kappa shape index (κ3) is 2.07. The average Bonchev–Trinajstić information content (AvgIpc) is 3.16. The Morgan fingerprint density at radius 1 is 1.15 bits per heavy atom. The summed E-state index contributed by atoms with van der Waals surface area (Å²) in [6, 6.07) is 5.88. The molecule has 0 spiro atoms. The first-order valence-corrected chi connectivity index (χ1v) is 9.41. The van der Waals surface area contributed by atoms with Crippen LogP contribution >= 0.6 is 11.3 Å². The Balaban J connectivity index is 1.49. The highest BCUT2D eigenvalue weighted by Gasteiger charge is 2.53. The van der Waals surface area contributed by atoms with Gasteiger partial charge in [-0.1, -0.05) is 26.3 Å². The summed E-state index contributed by atoms with van der Waals surface area (Å²) in [5.41, 5.74) is 0. The second-order valence-corrected chi connectivity index (χ2v) is 8.64. The SMILES string of the molecule is CC(C)C(NC1CC2CC1C1CCCC21)c1cccs1. The van der Waals surface area contributed by atoms with Crippen LogP contribution < -0.4 is 5.32 Å². The van der Waals surface area contributed by atoms with Crippen molar-refractivity contribution in [2.45, 2.75) is 58.0 Å². The van der Waals surface area contributed by atoms with Gasteiger partial charge in [-0.3, -0.25) is 0 Å². The van der Waals surface area contributed by atoms with Gasteiger partial charge in [0.2, 0.25) is 0 Å². The Morgan fingerprint density at radius 2 is 2.00 bits per heavy atom. The second kappa shape index (κ2) is 5.14. The molecule has 20 heavy (non-hydrogen) atoms. The number of fused-ring (bicyclic) bond motifs is 5. The van der Waals surface area contributed by atoms with Gasteiger partial charge < -0.3 is 5.32 Å². The number of hydrogen-bond acceptors (Lipinski definition) is 2. The van der Waals surface area contributed by atoms with Crippen LogP contribution in [0.25, 0.3) is 0 Å². The van der Waals surface area contributed by atoms with Crippen molar-refractivity contribution < 1.29 is 0 Å². The molecule has 1 heterocycles. The summed E-state index contributed by atoms with van der Waals surface area (Å²) < 4.78 is 0. The van der Waals surface area contributed by atoms with Crippen LogP contribution in [-0.2, 0) is 0 Å². The van der Waals surface area contributed by atoms with E-state index in [-0.39, 0.29) is 0 Å². The van der Waals surface area contributed by atoms with Gasteiger partial charge >= 0.3 is 0 Å². The quantitative estimate of drug-likeness (QED) is 0.834. The molecule has 1 aromatic rings. The van der Waals surface area contributed by atoms with Crippen molar-refractivity contribution in [1.82, 2.24) is 5.32 Å². The Morgan fingerprint density at radius 3 is 2.75 bits per heavy atom. The fourth-order valence-corrected chi connectivity index (χ4v) is 6.52. The van der Waals surface area contributed by atoms with Crippen LogP contribution in [-0.4, -0.2) is 6.04 Å². The van der Waals surface area contributed by atoms with Gasteiger partial charge in [-0.05, 0) is 66.7 Å². The summed E-state index contributed by atoms with van der Waals surface area (Å²) in [6.07, 6.45) is 7.56. The van der Waals surface area contributed by atoms with Crippen molar-refractivity contribution in [3.05, 3.63) is 22.4 Å². The lowest BCUT2D eigenvalue weighted by atomic mass is 9.78. The van der Waals surface area contributed by atoms with E-state index in [9.17, 15) is 0 Å². The summed E-state index contributed by atoms with van der Waals surface area (Å²) in [5, 5.41) is 6.29. The molecule has 1 N–H and O–H groups in total. The molecule has 6 unspecified atom stereocenters. The molecule has 3 fully saturated rings. The minimum absolute atomic E-state index is 0.569. The monoisotopic (exact) mass is 289 g/mol. The van der Waals surface area contributed by atoms with Crippen LogP contribution in [0.5, 0.6) is 0 Å². The molecule has 3 saturated carbocycles. The van der Waals surface area contributed by atoms with E-state index in [1.165, 1.54) is 37.0 Å². The first-order chi connectivity index (χ1) is 9.74. The first kappa shape index (κ1) is 13.3. The number of rotatable bonds is 4. The van der Waals surface area contributed by atoms with E-state index in [0.29, 0.717) is 12.0 Å². The molecular formula is C18H27NS. The zero-order chi connectivity index (χ0) is 13.7. The lowest BCUT2D eigenvalue weighted by Crippen LogP contribution is -2.42. The Kier molecular flexibility index (Phi) is 3.42. The van der Waals surface area contributed by atoms with E-state index in [0.717, 1.165) is 29.7 Å². The molecule has 0 amide bonds. The molecule has 1 nitrogen and oxygen atoms in total. The molecule has 0 radical (unpaired) electrons. The summed E-state index contributed by atoms with van der Waals surface area (Å²) >= 11 is 1.92. The normalized spacial score (nSPS) is 40.5. The third-order valence-electron chi connectivity index (χ3n) is 6.34. The van der Waals surface area contributed by atoms with E-state index in [2.05, 4.69) is 36.7 Å². The van der Waals surface area contributed by atoms with Gasteiger partial charge in [-0.25, -0.2) is 0 Å². The molecule has 3 aliphatic carbocycles. The fourth-order valence-electron chi connectivity index (χ4n) is 5.56. The smallest absolute Gasteiger partial charge is 0.0440 e. The van der Waals surface area contributed by atoms with Crippen molar-refractivity contribution in [1.29, 1.82) is 0 Å². The first-order valence-electron chi connectivity index (χ1n) is 8.53. The molecule has 2 heteroatoms. The van der Waals surface area contributed by atoms with Gasteiger partial charge in [0.05, 0.1) is 0 Å². The maximum Gasteiger partial charge on any atom is 0.0440 e. The Hall–Kier alpha value is -0.340. The zero-order valence-corrected chi connectivity index (χ0v) is 13.5. The minimum Gasteiger partial charge on any atom is -0.306 e. The molecule has 6 atom stereocenters. The van der Waals surface area contributed by atoms with E-state index in [4.69, 9.17) is 0 Å². The maximum absolute atomic E-state index is 4.07. The molecule has 1 aromatic heterocycles. The predicted molar refractivity (Wildman–Crippen MR) is 85.9 cm³/mol. The zero-order valence-electron chi connectivity index (χ0n) is 12.7. The van der Waals surface area contributed by atoms with Gasteiger partial charge in [0, 0.05) is 17.0 Å². The van der Waals surface area contributed by atoms with Crippen LogP contribution in [0.3, 0.4) is 0 Å². The van der Waals surface area contributed by atoms with Gasteiger partial charge in [0.25, 0.3) is 0 Å². The lowest BCUT2D eigenvalue weighted by molar-refractivity contribution is 0.189. The Labute approximate surface area is 127 Å². The highest BCUT2D eigenvalue weighted by molar-refractivity contribution is 7.10. The van der Waals surface area contributed by atoms with Crippen LogP contribution in [0, 0.1) is 29.6 Å². The van der Waals surface area contributed by atoms with Crippen LogP contribution in [0.2, 0.25) is 0 Å². The molecule has 4 rings (SSSR count). The van der Waals surface area contributed by atoms with Crippen LogP contribution in [0.1, 0.15) is 56.9 Å². The topological polar surface area (TPSA) is 12.0 Å². The summed E-state index contributed by atoms with van der Waals surface area (Å²) in [4.78, 5) is 1.53. The highest BCUT2D eigenvalue weighted by atomic mass is 32.1. The second-order valence-electron chi connectivity index (χ2n) is 7.66. The lowest BCUT2D eigenvalue weighted by Gasteiger charge is -2.35. The van der Waals surface area contributed by atoms with E-state index < -0.39 is 0 Å². The third-order valence-corrected chi connectivity index (χ3v) is 7.29. The van der Waals surface area contributed by atoms with Gasteiger partial charge in [0.1, 0.15) is 0 Å². The predicted octanol–water partition coefficient (Wildman–Crippen LogP) is 4.86. The summed E-state index contributed by atoms with van der Waals surface area (Å²) in [7, 11) is 0. The molecule has 3 aliphatic rings. The average molecular weight is 289 g/mol. The molecule has 0 aliphatic heterocycles. The summed E-state index contributed by atoms with van der Waals surface area (Å²) in [6.45, 7) is 4.73. The largest absolute Gasteiger partial charge is 0.306 e. The van der Waals surface area contributed by atoms with Crippen LogP contribution in [0.4, 0.5) is 0 Å². The molecule has 0 aromatic carbocycles. The van der Waals surface area contributed by atoms with E-state index in [1.54, 1.807) is 0 Å². The molecular weight excluding hydrogens is 262 g/mol. The van der Waals surface area contributed by atoms with Crippen molar-refractivity contribution >= 4 is 11.3 Å². The van der Waals surface area contributed by atoms with Gasteiger partial charge in [-0.15, -0.1) is 11.3 Å². The number of thiophene rings is 1. The molecule has 0 saturated heterocycles. The maximum atomic E-state index is 4.07. The number of hydrogen-bond donors (Lipinski definition) is 1. The van der Waals surface area contributed by atoms with Crippen molar-refractivity contribution in [2.75, 3.05) is 0 Å². The van der Waals surface area contributed by atoms with E-state index >= 15 is 0 Å².